The van der Waals surface area contributed by atoms with Crippen molar-refractivity contribution in [2.45, 2.75) is 18.9 Å². The van der Waals surface area contributed by atoms with Crippen LogP contribution in [0.4, 0.5) is 0 Å². The Hall–Kier alpha value is -1.19. The lowest BCUT2D eigenvalue weighted by molar-refractivity contribution is -0.128. The summed E-state index contributed by atoms with van der Waals surface area (Å²) in [4.78, 5) is 13.9. The molecule has 1 aromatic rings. The molecule has 9 heteroatoms. The molecule has 25 heavy (non-hydrogen) atoms. The number of nitrogens with zero attached hydrogens (tertiary/aromatic N) is 1. The van der Waals surface area contributed by atoms with E-state index in [-0.39, 0.29) is 49.2 Å². The Morgan fingerprint density at radius 2 is 2.00 bits per heavy atom. The van der Waals surface area contributed by atoms with Gasteiger partial charge in [-0.05, 0) is 12.5 Å². The highest BCUT2D eigenvalue weighted by atomic mass is 35.5. The molecule has 0 radical (unpaired) electrons. The zero-order chi connectivity index (χ0) is 17.6. The first-order valence-electron chi connectivity index (χ1n) is 8.06. The molecule has 0 saturated carbocycles. The summed E-state index contributed by atoms with van der Waals surface area (Å²) in [6, 6.07) is 9.66. The van der Waals surface area contributed by atoms with Gasteiger partial charge in [0.05, 0.1) is 18.9 Å². The Balaban J connectivity index is 0.00000312. The third-order valence-corrected chi connectivity index (χ3v) is 5.38. The van der Waals surface area contributed by atoms with Crippen LogP contribution in [-0.4, -0.2) is 63.9 Å². The number of carbonyl (C=O) groups is 1. The number of benzene rings is 1. The molecule has 1 amide bonds. The Bertz CT molecular complexity index is 642. The van der Waals surface area contributed by atoms with Crippen LogP contribution in [0, 0.1) is 0 Å². The normalized spacial score (nSPS) is 20.3. The Morgan fingerprint density at radius 3 is 2.64 bits per heavy atom. The first kappa shape index (κ1) is 21.9. The van der Waals surface area contributed by atoms with E-state index in [4.69, 9.17) is 10.5 Å². The molecular weight excluding hydrogens is 366 g/mol. The van der Waals surface area contributed by atoms with E-state index in [2.05, 4.69) is 4.72 Å². The molecule has 1 fully saturated rings. The van der Waals surface area contributed by atoms with Crippen molar-refractivity contribution < 1.29 is 17.9 Å². The molecule has 0 aromatic heterocycles. The molecule has 2 rings (SSSR count). The van der Waals surface area contributed by atoms with Crippen molar-refractivity contribution in [2.24, 2.45) is 5.73 Å². The number of nitrogens with two attached hydrogens (primary N) is 1. The summed E-state index contributed by atoms with van der Waals surface area (Å²) >= 11 is 0. The monoisotopic (exact) mass is 391 g/mol. The average molecular weight is 392 g/mol. The molecule has 0 aliphatic carbocycles. The van der Waals surface area contributed by atoms with Crippen molar-refractivity contribution in [1.82, 2.24) is 9.62 Å². The number of hydrogen-bond acceptors (Lipinski definition) is 5. The van der Waals surface area contributed by atoms with Gasteiger partial charge in [0, 0.05) is 31.7 Å². The fourth-order valence-corrected chi connectivity index (χ4v) is 3.58. The van der Waals surface area contributed by atoms with Crippen molar-refractivity contribution in [3.63, 3.8) is 0 Å². The van der Waals surface area contributed by atoms with E-state index in [1.54, 1.807) is 11.8 Å². The quantitative estimate of drug-likeness (QED) is 0.621. The van der Waals surface area contributed by atoms with Gasteiger partial charge < -0.3 is 15.4 Å². The Labute approximate surface area is 155 Å². The van der Waals surface area contributed by atoms with E-state index in [1.807, 2.05) is 30.3 Å². The minimum absolute atomic E-state index is 0. The maximum atomic E-state index is 12.3. The van der Waals surface area contributed by atoms with Gasteiger partial charge in [-0.2, -0.15) is 0 Å². The van der Waals surface area contributed by atoms with Crippen LogP contribution in [0.5, 0.6) is 0 Å². The van der Waals surface area contributed by atoms with Gasteiger partial charge in [-0.25, -0.2) is 13.1 Å². The lowest BCUT2D eigenvalue weighted by Gasteiger charge is -2.17. The topological polar surface area (TPSA) is 102 Å². The summed E-state index contributed by atoms with van der Waals surface area (Å²) < 4.78 is 30.9. The molecule has 1 heterocycles. The molecule has 0 spiro atoms. The molecule has 1 aliphatic heterocycles. The summed E-state index contributed by atoms with van der Waals surface area (Å²) in [5, 5.41) is 0. The van der Waals surface area contributed by atoms with E-state index >= 15 is 0 Å². The average Bonchev–Trinajstić information content (AvgIpc) is 2.96. The second kappa shape index (κ2) is 10.1. The van der Waals surface area contributed by atoms with Crippen LogP contribution in [0.3, 0.4) is 0 Å². The molecule has 0 unspecified atom stereocenters. The number of rotatable bonds is 8. The number of sulfonamides is 1. The van der Waals surface area contributed by atoms with Crippen LogP contribution >= 0.6 is 12.4 Å². The summed E-state index contributed by atoms with van der Waals surface area (Å²) in [5.41, 5.74) is 7.25. The molecule has 1 aromatic carbocycles. The number of ether oxygens (including phenoxy) is 1. The molecule has 142 valence electrons. The van der Waals surface area contributed by atoms with Gasteiger partial charge in [0.1, 0.15) is 0 Å². The second-order valence-corrected chi connectivity index (χ2v) is 7.74. The van der Waals surface area contributed by atoms with Gasteiger partial charge in [0.2, 0.25) is 15.9 Å². The number of carbonyl (C=O) groups excluding carboxylic acids is 1. The zero-order valence-electron chi connectivity index (χ0n) is 14.3. The summed E-state index contributed by atoms with van der Waals surface area (Å²) in [5.74, 6) is -0.339. The number of hydrogen-bond donors (Lipinski definition) is 2. The van der Waals surface area contributed by atoms with Crippen LogP contribution in [0.15, 0.2) is 30.3 Å². The van der Waals surface area contributed by atoms with E-state index in [0.717, 1.165) is 5.56 Å². The van der Waals surface area contributed by atoms with E-state index in [1.165, 1.54) is 0 Å². The molecule has 7 nitrogen and oxygen atoms in total. The lowest BCUT2D eigenvalue weighted by Crippen LogP contribution is -2.41. The van der Waals surface area contributed by atoms with Crippen LogP contribution in [0.1, 0.15) is 18.4 Å². The van der Waals surface area contributed by atoms with Crippen molar-refractivity contribution in [2.75, 3.05) is 38.6 Å². The molecule has 3 N–H and O–H groups in total. The first-order valence-corrected chi connectivity index (χ1v) is 9.71. The number of amides is 1. The first-order chi connectivity index (χ1) is 11.4. The van der Waals surface area contributed by atoms with Gasteiger partial charge in [0.25, 0.3) is 0 Å². The molecule has 1 aliphatic rings. The maximum Gasteiger partial charge on any atom is 0.237 e. The minimum atomic E-state index is -3.51. The summed E-state index contributed by atoms with van der Waals surface area (Å²) in [6.45, 7) is 3.06. The smallest absolute Gasteiger partial charge is 0.237 e. The minimum Gasteiger partial charge on any atom is -0.381 e. The molecule has 2 atom stereocenters. The van der Waals surface area contributed by atoms with E-state index < -0.39 is 10.0 Å². The van der Waals surface area contributed by atoms with Crippen molar-refractivity contribution in [3.8, 4) is 0 Å². The Kier molecular flexibility index (Phi) is 8.81. The Morgan fingerprint density at radius 1 is 1.32 bits per heavy atom. The largest absolute Gasteiger partial charge is 0.381 e. The van der Waals surface area contributed by atoms with Crippen molar-refractivity contribution in [3.05, 3.63) is 35.9 Å². The van der Waals surface area contributed by atoms with Gasteiger partial charge in [-0.1, -0.05) is 30.3 Å². The predicted octanol–water partition coefficient (Wildman–Crippen LogP) is 0.317. The van der Waals surface area contributed by atoms with Gasteiger partial charge in [0.15, 0.2) is 0 Å². The highest BCUT2D eigenvalue weighted by Gasteiger charge is 2.33. The van der Waals surface area contributed by atoms with Gasteiger partial charge >= 0.3 is 0 Å². The van der Waals surface area contributed by atoms with Crippen molar-refractivity contribution in [1.29, 1.82) is 0 Å². The third kappa shape index (κ3) is 6.56. The SMILES string of the molecule is CCOCCS(=O)(=O)NCC(=O)N1C[C@@H](N)[C@H](c2ccccc2)C1.Cl. The highest BCUT2D eigenvalue weighted by Crippen LogP contribution is 2.26. The summed E-state index contributed by atoms with van der Waals surface area (Å²) in [6.07, 6.45) is 0. The molecule has 1 saturated heterocycles. The maximum absolute atomic E-state index is 12.3. The molecular formula is C16H26ClN3O4S. The highest BCUT2D eigenvalue weighted by molar-refractivity contribution is 7.89. The number of halogens is 1. The number of nitrogens with one attached hydrogen (secondary N) is 1. The molecule has 0 bridgehead atoms. The van der Waals surface area contributed by atoms with Crippen molar-refractivity contribution >= 4 is 28.3 Å². The number of likely N-dealkylation sites (tertiary alicyclic amines) is 1. The van der Waals surface area contributed by atoms with Gasteiger partial charge in [-0.15, -0.1) is 12.4 Å². The third-order valence-electron chi connectivity index (χ3n) is 4.09. The fourth-order valence-electron chi connectivity index (χ4n) is 2.75. The van der Waals surface area contributed by atoms with Crippen LogP contribution in [0.2, 0.25) is 0 Å². The predicted molar refractivity (Wildman–Crippen MR) is 99.3 cm³/mol. The van der Waals surface area contributed by atoms with E-state index in [0.29, 0.717) is 19.7 Å². The fraction of sp³-hybridized carbons (Fsp3) is 0.562. The van der Waals surface area contributed by atoms with Crippen LogP contribution < -0.4 is 10.5 Å². The summed E-state index contributed by atoms with van der Waals surface area (Å²) in [7, 11) is -3.51. The van der Waals surface area contributed by atoms with E-state index in [9.17, 15) is 13.2 Å². The van der Waals surface area contributed by atoms with Crippen LogP contribution in [-0.2, 0) is 19.6 Å². The lowest BCUT2D eigenvalue weighted by atomic mass is 9.95. The van der Waals surface area contributed by atoms with Gasteiger partial charge in [-0.3, -0.25) is 4.79 Å². The second-order valence-electron chi connectivity index (χ2n) is 5.82. The zero-order valence-corrected chi connectivity index (χ0v) is 15.9. The van der Waals surface area contributed by atoms with Crippen LogP contribution in [0.25, 0.3) is 0 Å². The standard InChI is InChI=1S/C16H25N3O4S.ClH/c1-2-23-8-9-24(21,22)18-10-16(20)19-11-14(15(17)12-19)13-6-4-3-5-7-13;/h3-7,14-15,18H,2,8-12,17H2,1H3;1H/t14-,15+;/m0./s1.